The number of carbonyl (C=O) groups excluding carboxylic acids is 1. The molecule has 0 radical (unpaired) electrons. The Balaban J connectivity index is 1.58. The van der Waals surface area contributed by atoms with Crippen LogP contribution in [0.15, 0.2) is 81.9 Å². The second-order valence-electron chi connectivity index (χ2n) is 6.37. The van der Waals surface area contributed by atoms with E-state index in [2.05, 4.69) is 15.9 Å². The molecule has 0 saturated carbocycles. The first-order valence-corrected chi connectivity index (χ1v) is 11.0. The fourth-order valence-electron chi connectivity index (χ4n) is 2.88. The summed E-state index contributed by atoms with van der Waals surface area (Å²) < 4.78 is 41.8. The van der Waals surface area contributed by atoms with Crippen LogP contribution in [0.1, 0.15) is 15.9 Å². The average Bonchev–Trinajstić information content (AvgIpc) is 3.02. The Morgan fingerprint density at radius 1 is 0.967 bits per heavy atom. The van der Waals surface area contributed by atoms with Gasteiger partial charge in [0.15, 0.2) is 5.76 Å². The standard InChI is InChI=1S/C22H15BrO6S/c1-27-16-5-8-18(9-6-16)30(25,26)29-17-7-10-19-20(13-17)28-21(22(19)24)12-14-3-2-4-15(23)11-14/h2-13H,1H3/b21-12-. The molecule has 0 bridgehead atoms. The van der Waals surface area contributed by atoms with Gasteiger partial charge in [0.2, 0.25) is 5.78 Å². The van der Waals surface area contributed by atoms with Gasteiger partial charge < -0.3 is 13.7 Å². The van der Waals surface area contributed by atoms with Crippen molar-refractivity contribution in [2.24, 2.45) is 0 Å². The molecule has 0 unspecified atom stereocenters. The van der Waals surface area contributed by atoms with Crippen LogP contribution < -0.4 is 13.7 Å². The van der Waals surface area contributed by atoms with Gasteiger partial charge in [-0.15, -0.1) is 0 Å². The summed E-state index contributed by atoms with van der Waals surface area (Å²) in [7, 11) is -2.56. The number of benzene rings is 3. The summed E-state index contributed by atoms with van der Waals surface area (Å²) in [4.78, 5) is 12.6. The molecule has 0 amide bonds. The van der Waals surface area contributed by atoms with Gasteiger partial charge in [-0.05, 0) is 60.2 Å². The van der Waals surface area contributed by atoms with Gasteiger partial charge in [-0.1, -0.05) is 28.1 Å². The Hall–Kier alpha value is -3.10. The number of ether oxygens (including phenoxy) is 2. The third-order valence-corrected chi connectivity index (χ3v) is 6.10. The van der Waals surface area contributed by atoms with E-state index in [4.69, 9.17) is 13.7 Å². The molecule has 6 nitrogen and oxygen atoms in total. The van der Waals surface area contributed by atoms with Crippen LogP contribution in [0, 0.1) is 0 Å². The van der Waals surface area contributed by atoms with Crippen molar-refractivity contribution in [3.63, 3.8) is 0 Å². The van der Waals surface area contributed by atoms with Crippen LogP contribution >= 0.6 is 15.9 Å². The lowest BCUT2D eigenvalue weighted by atomic mass is 10.1. The summed E-state index contributed by atoms with van der Waals surface area (Å²) in [5, 5.41) is 0. The Morgan fingerprint density at radius 2 is 1.70 bits per heavy atom. The summed E-state index contributed by atoms with van der Waals surface area (Å²) in [6, 6.07) is 17.5. The number of carbonyl (C=O) groups is 1. The van der Waals surface area contributed by atoms with Crippen LogP contribution in [0.2, 0.25) is 0 Å². The van der Waals surface area contributed by atoms with Crippen molar-refractivity contribution in [2.75, 3.05) is 7.11 Å². The number of rotatable bonds is 5. The quantitative estimate of drug-likeness (QED) is 0.379. The van der Waals surface area contributed by atoms with E-state index in [9.17, 15) is 13.2 Å². The molecule has 0 aromatic heterocycles. The Kier molecular flexibility index (Phi) is 5.36. The van der Waals surface area contributed by atoms with E-state index in [-0.39, 0.29) is 27.9 Å². The molecule has 1 heterocycles. The van der Waals surface area contributed by atoms with Gasteiger partial charge >= 0.3 is 10.1 Å². The van der Waals surface area contributed by atoms with Crippen molar-refractivity contribution in [2.45, 2.75) is 4.90 Å². The van der Waals surface area contributed by atoms with Crippen LogP contribution in [-0.4, -0.2) is 21.3 Å². The predicted molar refractivity (Wildman–Crippen MR) is 114 cm³/mol. The summed E-state index contributed by atoms with van der Waals surface area (Å²) in [5.74, 6) is 0.681. The average molecular weight is 487 g/mol. The Morgan fingerprint density at radius 3 is 2.40 bits per heavy atom. The molecule has 1 aliphatic heterocycles. The maximum atomic E-state index is 12.6. The number of hydrogen-bond acceptors (Lipinski definition) is 6. The molecule has 30 heavy (non-hydrogen) atoms. The smallest absolute Gasteiger partial charge is 0.339 e. The van der Waals surface area contributed by atoms with E-state index in [1.54, 1.807) is 6.08 Å². The number of halogens is 1. The summed E-state index contributed by atoms with van der Waals surface area (Å²) in [6.45, 7) is 0. The minimum atomic E-state index is -4.05. The Bertz CT molecular complexity index is 1260. The molecule has 0 spiro atoms. The molecule has 0 atom stereocenters. The van der Waals surface area contributed by atoms with E-state index in [1.807, 2.05) is 24.3 Å². The molecular formula is C22H15BrO6S. The SMILES string of the molecule is COc1ccc(S(=O)(=O)Oc2ccc3c(c2)O/C(=C\c2cccc(Br)c2)C3=O)cc1. The molecule has 0 saturated heterocycles. The zero-order chi connectivity index (χ0) is 21.3. The van der Waals surface area contributed by atoms with E-state index in [1.165, 1.54) is 49.6 Å². The van der Waals surface area contributed by atoms with Gasteiger partial charge in [0.1, 0.15) is 22.1 Å². The molecule has 0 aliphatic carbocycles. The van der Waals surface area contributed by atoms with Crippen molar-refractivity contribution in [1.82, 2.24) is 0 Å². The number of hydrogen-bond donors (Lipinski definition) is 0. The molecule has 0 N–H and O–H groups in total. The highest BCUT2D eigenvalue weighted by molar-refractivity contribution is 9.10. The lowest BCUT2D eigenvalue weighted by molar-refractivity contribution is 0.101. The first-order chi connectivity index (χ1) is 14.4. The van der Waals surface area contributed by atoms with E-state index >= 15 is 0 Å². The summed E-state index contributed by atoms with van der Waals surface area (Å²) in [5.41, 5.74) is 1.13. The Labute approximate surface area is 182 Å². The predicted octanol–water partition coefficient (Wildman–Crippen LogP) is 4.84. The van der Waals surface area contributed by atoms with E-state index < -0.39 is 10.1 Å². The van der Waals surface area contributed by atoms with Crippen molar-refractivity contribution in [1.29, 1.82) is 0 Å². The molecular weight excluding hydrogens is 472 g/mol. The highest BCUT2D eigenvalue weighted by atomic mass is 79.9. The van der Waals surface area contributed by atoms with Crippen molar-refractivity contribution < 1.29 is 26.9 Å². The van der Waals surface area contributed by atoms with Gasteiger partial charge in [-0.25, -0.2) is 0 Å². The van der Waals surface area contributed by atoms with E-state index in [0.29, 0.717) is 11.3 Å². The largest absolute Gasteiger partial charge is 0.497 e. The molecule has 8 heteroatoms. The highest BCUT2D eigenvalue weighted by Gasteiger charge is 2.28. The van der Waals surface area contributed by atoms with Crippen LogP contribution in [0.25, 0.3) is 6.08 Å². The zero-order valence-electron chi connectivity index (χ0n) is 15.7. The van der Waals surface area contributed by atoms with Gasteiger partial charge in [-0.2, -0.15) is 8.42 Å². The minimum absolute atomic E-state index is 0.0176. The maximum absolute atomic E-state index is 12.6. The normalized spacial score (nSPS) is 14.3. The second-order valence-corrected chi connectivity index (χ2v) is 8.83. The molecule has 1 aliphatic rings. The van der Waals surface area contributed by atoms with Gasteiger partial charge in [-0.3, -0.25) is 4.79 Å². The fraction of sp³-hybridized carbons (Fsp3) is 0.0455. The molecule has 4 rings (SSSR count). The lowest BCUT2D eigenvalue weighted by Crippen LogP contribution is -2.09. The molecule has 0 fully saturated rings. The fourth-order valence-corrected chi connectivity index (χ4v) is 4.22. The van der Waals surface area contributed by atoms with Crippen LogP contribution in [0.5, 0.6) is 17.2 Å². The molecule has 3 aromatic carbocycles. The number of ketones is 1. The monoisotopic (exact) mass is 486 g/mol. The lowest BCUT2D eigenvalue weighted by Gasteiger charge is -2.08. The maximum Gasteiger partial charge on any atom is 0.339 e. The first-order valence-electron chi connectivity index (χ1n) is 8.78. The minimum Gasteiger partial charge on any atom is -0.497 e. The number of fused-ring (bicyclic) bond motifs is 1. The molecule has 3 aromatic rings. The van der Waals surface area contributed by atoms with Crippen LogP contribution in [-0.2, 0) is 10.1 Å². The van der Waals surface area contributed by atoms with Crippen molar-refractivity contribution in [3.8, 4) is 17.2 Å². The van der Waals surface area contributed by atoms with Crippen molar-refractivity contribution >= 4 is 37.9 Å². The number of Topliss-reactive ketones (excluding diaryl/α,β-unsaturated/α-hetero) is 1. The third-order valence-electron chi connectivity index (χ3n) is 4.34. The molecule has 152 valence electrons. The van der Waals surface area contributed by atoms with Crippen LogP contribution in [0.4, 0.5) is 0 Å². The zero-order valence-corrected chi connectivity index (χ0v) is 18.1. The summed E-state index contributed by atoms with van der Waals surface area (Å²) in [6.07, 6.45) is 1.63. The van der Waals surface area contributed by atoms with E-state index in [0.717, 1.165) is 10.0 Å². The number of methoxy groups -OCH3 is 1. The highest BCUT2D eigenvalue weighted by Crippen LogP contribution is 2.36. The first kappa shape index (κ1) is 20.2. The third kappa shape index (κ3) is 4.10. The van der Waals surface area contributed by atoms with Gasteiger partial charge in [0, 0.05) is 10.5 Å². The summed E-state index contributed by atoms with van der Waals surface area (Å²) >= 11 is 3.38. The topological polar surface area (TPSA) is 78.9 Å². The van der Waals surface area contributed by atoms with Gasteiger partial charge in [0.25, 0.3) is 0 Å². The van der Waals surface area contributed by atoms with Crippen molar-refractivity contribution in [3.05, 3.63) is 88.1 Å². The van der Waals surface area contributed by atoms with Gasteiger partial charge in [0.05, 0.1) is 12.7 Å². The second kappa shape index (κ2) is 7.97. The number of allylic oxidation sites excluding steroid dienone is 1. The van der Waals surface area contributed by atoms with Crippen LogP contribution in [0.3, 0.4) is 0 Å².